The fraction of sp³-hybridized carbons (Fsp3) is 0.450. The molecule has 2 atom stereocenters. The Bertz CT molecular complexity index is 799. The zero-order chi connectivity index (χ0) is 20.7. The number of nitrogens with two attached hydrogens (primary N) is 1. The van der Waals surface area contributed by atoms with E-state index in [1.54, 1.807) is 6.20 Å². The Labute approximate surface area is 177 Å². The van der Waals surface area contributed by atoms with E-state index in [0.717, 1.165) is 27.9 Å². The molecule has 6 nitrogen and oxygen atoms in total. The second-order valence-electron chi connectivity index (χ2n) is 7.31. The summed E-state index contributed by atoms with van der Waals surface area (Å²) in [5.41, 5.74) is 5.89. The van der Waals surface area contributed by atoms with Gasteiger partial charge >= 0.3 is 5.97 Å². The molecule has 1 heterocycles. The van der Waals surface area contributed by atoms with Crippen molar-refractivity contribution in [3.8, 4) is 6.07 Å². The minimum absolute atomic E-state index is 0.215. The van der Waals surface area contributed by atoms with Gasteiger partial charge in [-0.25, -0.2) is 4.98 Å². The van der Waals surface area contributed by atoms with Crippen LogP contribution >= 0.6 is 27.3 Å². The first kappa shape index (κ1) is 22.5. The molecule has 1 aromatic heterocycles. The third-order valence-electron chi connectivity index (χ3n) is 4.29. The van der Waals surface area contributed by atoms with Crippen LogP contribution in [0.5, 0.6) is 0 Å². The highest BCUT2D eigenvalue weighted by atomic mass is 79.9. The van der Waals surface area contributed by atoms with Crippen LogP contribution < -0.4 is 11.1 Å². The quantitative estimate of drug-likeness (QED) is 0.568. The van der Waals surface area contributed by atoms with Gasteiger partial charge in [-0.15, -0.1) is 11.3 Å². The monoisotopic (exact) mass is 464 g/mol. The van der Waals surface area contributed by atoms with E-state index in [0.29, 0.717) is 12.3 Å². The van der Waals surface area contributed by atoms with Crippen molar-refractivity contribution in [1.29, 1.82) is 5.26 Å². The number of rotatable bonds is 7. The first-order valence-electron chi connectivity index (χ1n) is 9.08. The number of thiazole rings is 1. The Morgan fingerprint density at radius 1 is 1.43 bits per heavy atom. The Hall–Kier alpha value is -1.79. The molecule has 28 heavy (non-hydrogen) atoms. The van der Waals surface area contributed by atoms with Crippen molar-refractivity contribution in [2.24, 2.45) is 11.7 Å². The molecule has 0 bridgehead atoms. The molecule has 0 aliphatic heterocycles. The normalized spacial score (nSPS) is 16.4. The minimum Gasteiger partial charge on any atom is -0.480 e. The van der Waals surface area contributed by atoms with Gasteiger partial charge in [0.1, 0.15) is 16.6 Å². The molecule has 2 aromatic rings. The van der Waals surface area contributed by atoms with Crippen LogP contribution in [0.25, 0.3) is 0 Å². The predicted octanol–water partition coefficient (Wildman–Crippen LogP) is 4.09. The average Bonchev–Trinajstić information content (AvgIpc) is 3.17. The minimum atomic E-state index is -0.827. The van der Waals surface area contributed by atoms with Gasteiger partial charge in [-0.05, 0) is 42.9 Å². The number of carboxylic acids is 1. The molecule has 1 aliphatic carbocycles. The second-order valence-corrected chi connectivity index (χ2v) is 9.15. The standard InChI is InChI=1S/C16H19BrN2O2S.C4H6N2/c1-10(2)9-13(16(20)21)19-14(15-18-7-8-22-15)11-3-5-12(17)6-4-11;5-3-4(6)1-2-4/h3-8,10,13-14,19H,9H2,1-2H3,(H,20,21);1-2,6H2/t13-,14-;/m0./s1. The number of aromatic nitrogens is 1. The molecule has 4 N–H and O–H groups in total. The largest absolute Gasteiger partial charge is 0.480 e. The van der Waals surface area contributed by atoms with Crippen LogP contribution in [0.1, 0.15) is 49.7 Å². The fourth-order valence-corrected chi connectivity index (χ4v) is 3.49. The summed E-state index contributed by atoms with van der Waals surface area (Å²) in [5, 5.41) is 23.6. The number of hydrogen-bond donors (Lipinski definition) is 3. The number of halogens is 1. The topological polar surface area (TPSA) is 112 Å². The van der Waals surface area contributed by atoms with Crippen molar-refractivity contribution in [3.05, 3.63) is 50.9 Å². The maximum absolute atomic E-state index is 11.5. The molecule has 1 fully saturated rings. The van der Waals surface area contributed by atoms with Gasteiger partial charge in [0.15, 0.2) is 0 Å². The van der Waals surface area contributed by atoms with E-state index in [1.165, 1.54) is 11.3 Å². The number of benzene rings is 1. The average molecular weight is 465 g/mol. The maximum Gasteiger partial charge on any atom is 0.320 e. The van der Waals surface area contributed by atoms with Crippen LogP contribution in [0.3, 0.4) is 0 Å². The Kier molecular flexibility index (Phi) is 8.13. The van der Waals surface area contributed by atoms with E-state index in [1.807, 2.05) is 49.6 Å². The Morgan fingerprint density at radius 3 is 2.46 bits per heavy atom. The fourth-order valence-electron chi connectivity index (χ4n) is 2.50. The van der Waals surface area contributed by atoms with Gasteiger partial charge in [0, 0.05) is 16.0 Å². The highest BCUT2D eigenvalue weighted by Crippen LogP contribution is 2.30. The van der Waals surface area contributed by atoms with Gasteiger partial charge in [0.2, 0.25) is 0 Å². The molecule has 0 spiro atoms. The highest BCUT2D eigenvalue weighted by molar-refractivity contribution is 9.10. The van der Waals surface area contributed by atoms with Crippen LogP contribution in [0.15, 0.2) is 40.3 Å². The Morgan fingerprint density at radius 2 is 2.07 bits per heavy atom. The third-order valence-corrected chi connectivity index (χ3v) is 5.66. The lowest BCUT2D eigenvalue weighted by atomic mass is 10.0. The van der Waals surface area contributed by atoms with Gasteiger partial charge in [-0.1, -0.05) is 41.9 Å². The Balaban J connectivity index is 0.000000397. The van der Waals surface area contributed by atoms with E-state index in [-0.39, 0.29) is 6.04 Å². The van der Waals surface area contributed by atoms with E-state index in [4.69, 9.17) is 11.0 Å². The molecular formula is C20H25BrN4O2S. The van der Waals surface area contributed by atoms with Gasteiger partial charge in [-0.2, -0.15) is 5.26 Å². The summed E-state index contributed by atoms with van der Waals surface area (Å²) < 4.78 is 0.992. The van der Waals surface area contributed by atoms with Gasteiger partial charge < -0.3 is 10.8 Å². The summed E-state index contributed by atoms with van der Waals surface area (Å²) in [5.74, 6) is -0.525. The zero-order valence-corrected chi connectivity index (χ0v) is 18.3. The number of carbonyl (C=O) groups is 1. The number of aliphatic carboxylic acids is 1. The molecule has 0 unspecified atom stereocenters. The summed E-state index contributed by atoms with van der Waals surface area (Å²) >= 11 is 4.95. The maximum atomic E-state index is 11.5. The molecular weight excluding hydrogens is 440 g/mol. The van der Waals surface area contributed by atoms with Crippen LogP contribution in [0.4, 0.5) is 0 Å². The third kappa shape index (κ3) is 6.99. The van der Waals surface area contributed by atoms with Gasteiger partial charge in [-0.3, -0.25) is 10.1 Å². The molecule has 1 saturated carbocycles. The number of nitrogens with one attached hydrogen (secondary N) is 1. The van der Waals surface area contributed by atoms with E-state index < -0.39 is 17.6 Å². The SMILES string of the molecule is CC(C)C[C@H](N[C@@H](c1ccc(Br)cc1)c1nccs1)C(=O)O.N#CC1(N)CC1. The molecule has 1 aliphatic rings. The first-order chi connectivity index (χ1) is 13.2. The van der Waals surface area contributed by atoms with Crippen molar-refractivity contribution in [2.45, 2.75) is 50.7 Å². The molecule has 3 rings (SSSR count). The lowest BCUT2D eigenvalue weighted by Crippen LogP contribution is -2.40. The van der Waals surface area contributed by atoms with Crippen molar-refractivity contribution < 1.29 is 9.90 Å². The molecule has 1 aromatic carbocycles. The van der Waals surface area contributed by atoms with E-state index >= 15 is 0 Å². The van der Waals surface area contributed by atoms with Crippen molar-refractivity contribution in [3.63, 3.8) is 0 Å². The highest BCUT2D eigenvalue weighted by Gasteiger charge is 2.38. The molecule has 0 radical (unpaired) electrons. The van der Waals surface area contributed by atoms with Crippen LogP contribution in [0.2, 0.25) is 0 Å². The van der Waals surface area contributed by atoms with Gasteiger partial charge in [0.25, 0.3) is 0 Å². The molecule has 8 heteroatoms. The van der Waals surface area contributed by atoms with Crippen LogP contribution in [-0.2, 0) is 4.79 Å². The zero-order valence-electron chi connectivity index (χ0n) is 15.9. The van der Waals surface area contributed by atoms with Crippen molar-refractivity contribution in [2.75, 3.05) is 0 Å². The van der Waals surface area contributed by atoms with E-state index in [2.05, 4.69) is 26.2 Å². The summed E-state index contributed by atoms with van der Waals surface area (Å²) in [6.45, 7) is 4.05. The number of nitrogens with zero attached hydrogens (tertiary/aromatic N) is 2. The lowest BCUT2D eigenvalue weighted by Gasteiger charge is -2.23. The number of nitriles is 1. The summed E-state index contributed by atoms with van der Waals surface area (Å²) in [6, 6.07) is 9.05. The van der Waals surface area contributed by atoms with Crippen molar-refractivity contribution >= 4 is 33.2 Å². The molecule has 0 saturated heterocycles. The molecule has 0 amide bonds. The van der Waals surface area contributed by atoms with Crippen LogP contribution in [-0.4, -0.2) is 27.6 Å². The number of carboxylic acid groups (broad SMARTS) is 1. The van der Waals surface area contributed by atoms with Gasteiger partial charge in [0.05, 0.1) is 12.1 Å². The lowest BCUT2D eigenvalue weighted by molar-refractivity contribution is -0.140. The van der Waals surface area contributed by atoms with Crippen LogP contribution in [0, 0.1) is 17.2 Å². The summed E-state index contributed by atoms with van der Waals surface area (Å²) in [6.07, 6.45) is 4.10. The molecule has 150 valence electrons. The summed E-state index contributed by atoms with van der Waals surface area (Å²) in [7, 11) is 0. The smallest absolute Gasteiger partial charge is 0.320 e. The predicted molar refractivity (Wildman–Crippen MR) is 114 cm³/mol. The van der Waals surface area contributed by atoms with Crippen molar-refractivity contribution in [1.82, 2.24) is 10.3 Å². The summed E-state index contributed by atoms with van der Waals surface area (Å²) in [4.78, 5) is 15.9. The second kappa shape index (κ2) is 10.1. The first-order valence-corrected chi connectivity index (χ1v) is 10.7. The number of hydrogen-bond acceptors (Lipinski definition) is 6. The van der Waals surface area contributed by atoms with E-state index in [9.17, 15) is 9.90 Å².